The smallest absolute Gasteiger partial charge is 0.0901 e. The van der Waals surface area contributed by atoms with E-state index in [0.717, 1.165) is 16.3 Å². The van der Waals surface area contributed by atoms with Crippen molar-refractivity contribution in [3.8, 4) is 11.3 Å². The van der Waals surface area contributed by atoms with Gasteiger partial charge < -0.3 is 0 Å². The maximum absolute atomic E-state index is 6.07. The van der Waals surface area contributed by atoms with Crippen molar-refractivity contribution in [2.75, 3.05) is 0 Å². The van der Waals surface area contributed by atoms with Crippen molar-refractivity contribution in [3.63, 3.8) is 0 Å². The van der Waals surface area contributed by atoms with Gasteiger partial charge in [-0.15, -0.1) is 11.3 Å². The summed E-state index contributed by atoms with van der Waals surface area (Å²) in [5, 5.41) is 4.14. The Kier molecular flexibility index (Phi) is 2.77. The number of rotatable bonds is 1. The average Bonchev–Trinajstić information content (AvgIpc) is 2.57. The first kappa shape index (κ1) is 9.97. The van der Waals surface area contributed by atoms with Gasteiger partial charge in [0.25, 0.3) is 0 Å². The lowest BCUT2D eigenvalue weighted by Gasteiger charge is -2.01. The highest BCUT2D eigenvalue weighted by molar-refractivity contribution is 7.09. The quantitative estimate of drug-likeness (QED) is 0.723. The van der Waals surface area contributed by atoms with Crippen LogP contribution in [-0.2, 0) is 0 Å². The second kappa shape index (κ2) is 3.89. The summed E-state index contributed by atoms with van der Waals surface area (Å²) >= 11 is 13.6. The van der Waals surface area contributed by atoms with Crippen LogP contribution in [0.2, 0.25) is 10.0 Å². The van der Waals surface area contributed by atoms with Crippen LogP contribution in [0.4, 0.5) is 0 Å². The third kappa shape index (κ3) is 1.78. The van der Waals surface area contributed by atoms with E-state index in [2.05, 4.69) is 4.98 Å². The van der Waals surface area contributed by atoms with Crippen LogP contribution in [0.15, 0.2) is 23.6 Å². The monoisotopic (exact) mass is 243 g/mol. The normalized spacial score (nSPS) is 10.5. The molecule has 14 heavy (non-hydrogen) atoms. The standard InChI is InChI=1S/C10H7Cl2NS/c1-6-13-9(5-14-6)7-3-2-4-8(11)10(7)12/h2-5H,1H3. The van der Waals surface area contributed by atoms with Gasteiger partial charge in [0.15, 0.2) is 0 Å². The fourth-order valence-electron chi connectivity index (χ4n) is 1.19. The van der Waals surface area contributed by atoms with Gasteiger partial charge in [0.05, 0.1) is 20.7 Å². The van der Waals surface area contributed by atoms with Gasteiger partial charge in [-0.3, -0.25) is 0 Å². The number of nitrogens with zero attached hydrogens (tertiary/aromatic N) is 1. The van der Waals surface area contributed by atoms with Gasteiger partial charge in [0.2, 0.25) is 0 Å². The molecule has 0 fully saturated rings. The molecular formula is C10H7Cl2NS. The van der Waals surface area contributed by atoms with Crippen molar-refractivity contribution < 1.29 is 0 Å². The van der Waals surface area contributed by atoms with Gasteiger partial charge in [-0.1, -0.05) is 35.3 Å². The molecule has 2 aromatic rings. The summed E-state index contributed by atoms with van der Waals surface area (Å²) in [5.41, 5.74) is 1.78. The molecule has 0 aliphatic heterocycles. The van der Waals surface area contributed by atoms with E-state index < -0.39 is 0 Å². The minimum absolute atomic E-state index is 0.565. The van der Waals surface area contributed by atoms with E-state index in [0.29, 0.717) is 10.0 Å². The van der Waals surface area contributed by atoms with Crippen LogP contribution in [0.1, 0.15) is 5.01 Å². The maximum atomic E-state index is 6.07. The zero-order chi connectivity index (χ0) is 10.1. The fourth-order valence-corrected chi connectivity index (χ4v) is 2.20. The minimum Gasteiger partial charge on any atom is -0.241 e. The molecule has 0 bridgehead atoms. The van der Waals surface area contributed by atoms with Crippen molar-refractivity contribution >= 4 is 34.5 Å². The van der Waals surface area contributed by atoms with Crippen molar-refractivity contribution in [1.29, 1.82) is 0 Å². The van der Waals surface area contributed by atoms with Crippen molar-refractivity contribution in [3.05, 3.63) is 38.6 Å². The summed E-state index contributed by atoms with van der Waals surface area (Å²) in [6.07, 6.45) is 0. The Labute approximate surface area is 96.3 Å². The van der Waals surface area contributed by atoms with Crippen LogP contribution in [-0.4, -0.2) is 4.98 Å². The zero-order valence-electron chi connectivity index (χ0n) is 7.42. The molecule has 4 heteroatoms. The maximum Gasteiger partial charge on any atom is 0.0901 e. The van der Waals surface area contributed by atoms with E-state index in [4.69, 9.17) is 23.2 Å². The molecule has 0 aliphatic rings. The highest BCUT2D eigenvalue weighted by Gasteiger charge is 2.08. The van der Waals surface area contributed by atoms with Crippen molar-refractivity contribution in [2.24, 2.45) is 0 Å². The van der Waals surface area contributed by atoms with E-state index in [9.17, 15) is 0 Å². The number of benzene rings is 1. The number of aromatic nitrogens is 1. The van der Waals surface area contributed by atoms with E-state index >= 15 is 0 Å². The molecule has 0 saturated carbocycles. The molecule has 1 aromatic heterocycles. The summed E-state index contributed by atoms with van der Waals surface area (Å²) < 4.78 is 0. The number of hydrogen-bond donors (Lipinski definition) is 0. The van der Waals surface area contributed by atoms with Gasteiger partial charge in [0, 0.05) is 10.9 Å². The summed E-state index contributed by atoms with van der Waals surface area (Å²) in [5.74, 6) is 0. The van der Waals surface area contributed by atoms with Gasteiger partial charge in [-0.2, -0.15) is 0 Å². The summed E-state index contributed by atoms with van der Waals surface area (Å²) in [4.78, 5) is 4.36. The van der Waals surface area contributed by atoms with E-state index in [1.807, 2.05) is 24.4 Å². The second-order valence-electron chi connectivity index (χ2n) is 2.85. The molecule has 1 nitrogen and oxygen atoms in total. The van der Waals surface area contributed by atoms with Crippen LogP contribution in [0.25, 0.3) is 11.3 Å². The summed E-state index contributed by atoms with van der Waals surface area (Å²) in [6, 6.07) is 5.56. The largest absolute Gasteiger partial charge is 0.241 e. The third-order valence-electron chi connectivity index (χ3n) is 1.85. The predicted octanol–water partition coefficient (Wildman–Crippen LogP) is 4.43. The van der Waals surface area contributed by atoms with E-state index in [1.165, 1.54) is 0 Å². The Balaban J connectivity index is 2.57. The first-order valence-corrected chi connectivity index (χ1v) is 5.68. The topological polar surface area (TPSA) is 12.9 Å². The number of aryl methyl sites for hydroxylation is 1. The molecule has 0 atom stereocenters. The SMILES string of the molecule is Cc1nc(-c2cccc(Cl)c2Cl)cs1. The summed E-state index contributed by atoms with van der Waals surface area (Å²) in [6.45, 7) is 1.96. The van der Waals surface area contributed by atoms with Crippen molar-refractivity contribution in [2.45, 2.75) is 6.92 Å². The lowest BCUT2D eigenvalue weighted by atomic mass is 10.2. The Bertz CT molecular complexity index is 465. The van der Waals surface area contributed by atoms with Crippen LogP contribution in [0.3, 0.4) is 0 Å². The fraction of sp³-hybridized carbons (Fsp3) is 0.100. The zero-order valence-corrected chi connectivity index (χ0v) is 9.75. The Hall–Kier alpha value is -0.570. The minimum atomic E-state index is 0.565. The predicted molar refractivity (Wildman–Crippen MR) is 62.3 cm³/mol. The Morgan fingerprint density at radius 3 is 2.71 bits per heavy atom. The number of thiazole rings is 1. The molecule has 2 rings (SSSR count). The molecule has 0 spiro atoms. The summed E-state index contributed by atoms with van der Waals surface area (Å²) in [7, 11) is 0. The van der Waals surface area contributed by atoms with Gasteiger partial charge >= 0.3 is 0 Å². The van der Waals surface area contributed by atoms with Gasteiger partial charge in [-0.25, -0.2) is 4.98 Å². The van der Waals surface area contributed by atoms with Crippen LogP contribution in [0, 0.1) is 6.92 Å². The molecule has 72 valence electrons. The average molecular weight is 244 g/mol. The highest BCUT2D eigenvalue weighted by Crippen LogP contribution is 2.33. The second-order valence-corrected chi connectivity index (χ2v) is 4.70. The van der Waals surface area contributed by atoms with Gasteiger partial charge in [-0.05, 0) is 13.0 Å². The van der Waals surface area contributed by atoms with Crippen LogP contribution >= 0.6 is 34.5 Å². The first-order chi connectivity index (χ1) is 6.68. The Morgan fingerprint density at radius 2 is 2.07 bits per heavy atom. The lowest BCUT2D eigenvalue weighted by molar-refractivity contribution is 1.30. The molecule has 0 N–H and O–H groups in total. The van der Waals surface area contributed by atoms with Crippen LogP contribution in [0.5, 0.6) is 0 Å². The molecule has 0 saturated heterocycles. The molecule has 1 heterocycles. The van der Waals surface area contributed by atoms with E-state index in [1.54, 1.807) is 17.4 Å². The van der Waals surface area contributed by atoms with Crippen molar-refractivity contribution in [1.82, 2.24) is 4.98 Å². The molecular weight excluding hydrogens is 237 g/mol. The molecule has 0 aliphatic carbocycles. The first-order valence-electron chi connectivity index (χ1n) is 4.05. The molecule has 0 amide bonds. The van der Waals surface area contributed by atoms with E-state index in [-0.39, 0.29) is 0 Å². The van der Waals surface area contributed by atoms with Gasteiger partial charge in [0.1, 0.15) is 0 Å². The molecule has 1 aromatic carbocycles. The highest BCUT2D eigenvalue weighted by atomic mass is 35.5. The number of hydrogen-bond acceptors (Lipinski definition) is 2. The molecule has 0 unspecified atom stereocenters. The molecule has 0 radical (unpaired) electrons. The number of halogens is 2. The lowest BCUT2D eigenvalue weighted by Crippen LogP contribution is -1.80. The third-order valence-corrected chi connectivity index (χ3v) is 3.44. The Morgan fingerprint density at radius 1 is 1.29 bits per heavy atom. The van der Waals surface area contributed by atoms with Crippen LogP contribution < -0.4 is 0 Å².